The highest BCUT2D eigenvalue weighted by molar-refractivity contribution is 6.74. The van der Waals surface area contributed by atoms with Crippen LogP contribution in [0, 0.1) is 5.92 Å². The van der Waals surface area contributed by atoms with Crippen LogP contribution in [0.2, 0.25) is 18.1 Å². The summed E-state index contributed by atoms with van der Waals surface area (Å²) in [5, 5.41) is 9.45. The van der Waals surface area contributed by atoms with Gasteiger partial charge in [0.05, 0.1) is 7.11 Å². The van der Waals surface area contributed by atoms with Gasteiger partial charge in [-0.15, -0.1) is 0 Å². The lowest BCUT2D eigenvalue weighted by atomic mass is 9.94. The number of rotatable bonds is 11. The summed E-state index contributed by atoms with van der Waals surface area (Å²) in [5.74, 6) is -1.84. The molecule has 1 aromatic carbocycles. The molecule has 1 atom stereocenters. The van der Waals surface area contributed by atoms with E-state index in [0.717, 1.165) is 37.0 Å². The van der Waals surface area contributed by atoms with Crippen molar-refractivity contribution in [2.75, 3.05) is 13.7 Å². The van der Waals surface area contributed by atoms with E-state index < -0.39 is 20.2 Å². The summed E-state index contributed by atoms with van der Waals surface area (Å²) in [4.78, 5) is 22.8. The fourth-order valence-electron chi connectivity index (χ4n) is 2.71. The molecule has 0 bridgehead atoms. The number of hydrogen-bond donors (Lipinski definition) is 1. The number of carboxylic acids is 1. The summed E-state index contributed by atoms with van der Waals surface area (Å²) >= 11 is 0. The minimum absolute atomic E-state index is 0.147. The smallest absolute Gasteiger partial charge is 0.314 e. The average Bonchev–Trinajstić information content (AvgIpc) is 2.58. The van der Waals surface area contributed by atoms with Gasteiger partial charge in [-0.3, -0.25) is 9.59 Å². The standard InChI is InChI=1S/C22H36O5Si/c1-16(23)19(21(24)25)15-18-12-11-17(14-20(18)26-5)10-8-9-13-27-28(6,7)22(2,3)4/h11-12,14,19H,8-10,13,15H2,1-7H3,(H,24,25). The Morgan fingerprint density at radius 1 is 1.18 bits per heavy atom. The Hall–Kier alpha value is -1.66. The predicted octanol–water partition coefficient (Wildman–Crippen LogP) is 4.87. The van der Waals surface area contributed by atoms with Crippen LogP contribution in [0.1, 0.15) is 51.7 Å². The van der Waals surface area contributed by atoms with E-state index >= 15 is 0 Å². The highest BCUT2D eigenvalue weighted by Crippen LogP contribution is 2.36. The van der Waals surface area contributed by atoms with Crippen LogP contribution in [-0.4, -0.2) is 38.9 Å². The van der Waals surface area contributed by atoms with Gasteiger partial charge in [-0.2, -0.15) is 0 Å². The number of benzene rings is 1. The Morgan fingerprint density at radius 3 is 2.32 bits per heavy atom. The van der Waals surface area contributed by atoms with Crippen LogP contribution in [0.3, 0.4) is 0 Å². The quantitative estimate of drug-likeness (QED) is 0.321. The van der Waals surface area contributed by atoms with E-state index in [-0.39, 0.29) is 17.2 Å². The number of methoxy groups -OCH3 is 1. The normalized spacial score (nSPS) is 13.2. The highest BCUT2D eigenvalue weighted by Gasteiger charge is 2.36. The molecule has 5 nitrogen and oxygen atoms in total. The molecule has 6 heteroatoms. The minimum Gasteiger partial charge on any atom is -0.496 e. The third kappa shape index (κ3) is 7.06. The van der Waals surface area contributed by atoms with Gasteiger partial charge in [0, 0.05) is 6.61 Å². The second kappa shape index (κ2) is 10.2. The lowest BCUT2D eigenvalue weighted by Crippen LogP contribution is -2.40. The van der Waals surface area contributed by atoms with Gasteiger partial charge < -0.3 is 14.3 Å². The molecule has 0 fully saturated rings. The van der Waals surface area contributed by atoms with Gasteiger partial charge >= 0.3 is 5.97 Å². The molecule has 0 amide bonds. The number of carbonyl (C=O) groups is 2. The van der Waals surface area contributed by atoms with Gasteiger partial charge in [0.15, 0.2) is 8.32 Å². The summed E-state index contributed by atoms with van der Waals surface area (Å²) in [6, 6.07) is 5.81. The average molecular weight is 409 g/mol. The molecule has 1 aromatic rings. The summed E-state index contributed by atoms with van der Waals surface area (Å²) in [7, 11) is -0.118. The zero-order valence-corrected chi connectivity index (χ0v) is 19.4. The van der Waals surface area contributed by atoms with Crippen LogP contribution in [0.15, 0.2) is 18.2 Å². The van der Waals surface area contributed by atoms with Crippen LogP contribution in [-0.2, 0) is 26.9 Å². The first-order valence-electron chi connectivity index (χ1n) is 9.92. The van der Waals surface area contributed by atoms with Crippen LogP contribution >= 0.6 is 0 Å². The van der Waals surface area contributed by atoms with Crippen molar-refractivity contribution < 1.29 is 23.9 Å². The van der Waals surface area contributed by atoms with Gasteiger partial charge in [-0.1, -0.05) is 32.9 Å². The molecule has 1 rings (SSSR count). The van der Waals surface area contributed by atoms with E-state index in [2.05, 4.69) is 33.9 Å². The van der Waals surface area contributed by atoms with Gasteiger partial charge in [-0.05, 0) is 67.9 Å². The van der Waals surface area contributed by atoms with Crippen molar-refractivity contribution in [1.29, 1.82) is 0 Å². The predicted molar refractivity (Wildman–Crippen MR) is 115 cm³/mol. The van der Waals surface area contributed by atoms with Crippen LogP contribution in [0.25, 0.3) is 0 Å². The van der Waals surface area contributed by atoms with Crippen molar-refractivity contribution in [3.63, 3.8) is 0 Å². The Kier molecular flexibility index (Phi) is 8.89. The molecule has 1 unspecified atom stereocenters. The number of unbranched alkanes of at least 4 members (excludes halogenated alkanes) is 1. The zero-order valence-electron chi connectivity index (χ0n) is 18.4. The third-order valence-electron chi connectivity index (χ3n) is 5.69. The van der Waals surface area contributed by atoms with Crippen LogP contribution in [0.4, 0.5) is 0 Å². The number of aliphatic carboxylic acids is 1. The number of carbonyl (C=O) groups excluding carboxylic acids is 1. The van der Waals surface area contributed by atoms with Crippen molar-refractivity contribution in [3.05, 3.63) is 29.3 Å². The Morgan fingerprint density at radius 2 is 1.82 bits per heavy atom. The summed E-state index contributed by atoms with van der Waals surface area (Å²) < 4.78 is 11.6. The molecule has 0 aliphatic rings. The summed E-state index contributed by atoms with van der Waals surface area (Å²) in [6.07, 6.45) is 3.07. The monoisotopic (exact) mass is 408 g/mol. The van der Waals surface area contributed by atoms with Crippen molar-refractivity contribution in [1.82, 2.24) is 0 Å². The molecular weight excluding hydrogens is 372 g/mol. The van der Waals surface area contributed by atoms with E-state index in [1.54, 1.807) is 7.11 Å². The molecule has 0 aliphatic carbocycles. The van der Waals surface area contributed by atoms with Gasteiger partial charge in [0.2, 0.25) is 0 Å². The van der Waals surface area contributed by atoms with Gasteiger partial charge in [0.25, 0.3) is 0 Å². The number of ether oxygens (including phenoxy) is 1. The molecule has 158 valence electrons. The molecule has 1 N–H and O–H groups in total. The zero-order chi connectivity index (χ0) is 21.5. The summed E-state index contributed by atoms with van der Waals surface area (Å²) in [5.41, 5.74) is 1.89. The van der Waals surface area contributed by atoms with Crippen molar-refractivity contribution in [3.8, 4) is 5.75 Å². The fourth-order valence-corrected chi connectivity index (χ4v) is 3.80. The fraction of sp³-hybridized carbons (Fsp3) is 0.636. The second-order valence-corrected chi connectivity index (χ2v) is 13.7. The number of aryl methyl sites for hydroxylation is 1. The lowest BCUT2D eigenvalue weighted by molar-refractivity contribution is -0.145. The largest absolute Gasteiger partial charge is 0.496 e. The lowest BCUT2D eigenvalue weighted by Gasteiger charge is -2.36. The van der Waals surface area contributed by atoms with E-state index in [4.69, 9.17) is 9.16 Å². The highest BCUT2D eigenvalue weighted by atomic mass is 28.4. The van der Waals surface area contributed by atoms with E-state index in [1.807, 2.05) is 18.2 Å². The minimum atomic E-state index is -1.69. The first-order chi connectivity index (χ1) is 12.9. The second-order valence-electron chi connectivity index (χ2n) is 8.92. The summed E-state index contributed by atoms with van der Waals surface area (Å²) in [6.45, 7) is 13.4. The maximum Gasteiger partial charge on any atom is 0.314 e. The molecule has 28 heavy (non-hydrogen) atoms. The number of carboxylic acid groups (broad SMARTS) is 1. The first kappa shape index (κ1) is 24.4. The van der Waals surface area contributed by atoms with Crippen LogP contribution < -0.4 is 4.74 Å². The number of Topliss-reactive ketones (excluding diaryl/α,β-unsaturated/α-hetero) is 1. The molecular formula is C22H36O5Si. The molecule has 0 radical (unpaired) electrons. The molecule has 0 spiro atoms. The first-order valence-corrected chi connectivity index (χ1v) is 12.8. The Balaban J connectivity index is 2.62. The Bertz CT molecular complexity index is 662. The molecule has 0 aromatic heterocycles. The van der Waals surface area contributed by atoms with E-state index in [0.29, 0.717) is 5.75 Å². The molecule has 0 saturated heterocycles. The van der Waals surface area contributed by atoms with Crippen molar-refractivity contribution >= 4 is 20.1 Å². The van der Waals surface area contributed by atoms with Crippen LogP contribution in [0.5, 0.6) is 5.75 Å². The topological polar surface area (TPSA) is 72.8 Å². The van der Waals surface area contributed by atoms with Gasteiger partial charge in [-0.25, -0.2) is 0 Å². The molecule has 0 heterocycles. The van der Waals surface area contributed by atoms with E-state index in [9.17, 15) is 14.7 Å². The number of hydrogen-bond acceptors (Lipinski definition) is 4. The molecule has 0 aliphatic heterocycles. The van der Waals surface area contributed by atoms with E-state index in [1.165, 1.54) is 6.92 Å². The molecule has 0 saturated carbocycles. The van der Waals surface area contributed by atoms with Crippen molar-refractivity contribution in [2.24, 2.45) is 5.92 Å². The maximum atomic E-state index is 11.6. The SMILES string of the molecule is COc1cc(CCCCO[Si](C)(C)C(C)(C)C)ccc1CC(C(C)=O)C(=O)O. The van der Waals surface area contributed by atoms with Crippen molar-refractivity contribution in [2.45, 2.75) is 71.5 Å². The maximum absolute atomic E-state index is 11.6. The number of ketones is 1. The van der Waals surface area contributed by atoms with Gasteiger partial charge in [0.1, 0.15) is 17.5 Å². The third-order valence-corrected chi connectivity index (χ3v) is 10.2. The Labute approximate surface area is 170 Å².